The molecule has 1 aliphatic rings. The van der Waals surface area contributed by atoms with E-state index in [1.807, 2.05) is 32.0 Å². The van der Waals surface area contributed by atoms with Gasteiger partial charge in [0.2, 0.25) is 0 Å². The molecule has 0 bridgehead atoms. The Labute approximate surface area is 172 Å². The van der Waals surface area contributed by atoms with Crippen molar-refractivity contribution in [2.75, 3.05) is 6.54 Å². The summed E-state index contributed by atoms with van der Waals surface area (Å²) in [5.41, 5.74) is 4.42. The molecule has 148 valence electrons. The fourth-order valence-corrected chi connectivity index (χ4v) is 3.65. The zero-order chi connectivity index (χ0) is 20.5. The Morgan fingerprint density at radius 3 is 2.93 bits per heavy atom. The topological polar surface area (TPSA) is 64.1 Å². The van der Waals surface area contributed by atoms with Gasteiger partial charge in [0.25, 0.3) is 5.91 Å². The predicted molar refractivity (Wildman–Crippen MR) is 109 cm³/mol. The number of nitrogens with one attached hydrogen (secondary N) is 1. The second-order valence-corrected chi connectivity index (χ2v) is 7.43. The van der Waals surface area contributed by atoms with Crippen LogP contribution in [0, 0.1) is 19.7 Å². The summed E-state index contributed by atoms with van der Waals surface area (Å²) in [6, 6.07) is 10.1. The predicted octanol–water partition coefficient (Wildman–Crippen LogP) is 4.29. The highest BCUT2D eigenvalue weighted by atomic mass is 35.5. The van der Waals surface area contributed by atoms with E-state index < -0.39 is 11.7 Å². The molecule has 0 aliphatic carbocycles. The molecule has 2 aromatic carbocycles. The maximum absolute atomic E-state index is 13.9. The number of aryl methyl sites for hydroxylation is 2. The fraction of sp³-hybridized carbons (Fsp3) is 0.227. The summed E-state index contributed by atoms with van der Waals surface area (Å²) >= 11 is 5.95. The van der Waals surface area contributed by atoms with Crippen LogP contribution in [0.2, 0.25) is 5.02 Å². The molecule has 29 heavy (non-hydrogen) atoms. The first kappa shape index (κ1) is 19.3. The van der Waals surface area contributed by atoms with Crippen LogP contribution in [-0.2, 0) is 6.42 Å². The lowest BCUT2D eigenvalue weighted by Crippen LogP contribution is -2.35. The zero-order valence-corrected chi connectivity index (χ0v) is 16.8. The maximum Gasteiger partial charge on any atom is 0.255 e. The standard InChI is InChI=1S/C22H19ClFN3O2/c1-12-10-25-13(2)21(27-12)14-6-7-19-15(8-14)9-16(29-19)11-26-22(28)20-17(23)4-3-5-18(20)24/h3-8,10,16H,9,11H2,1-2H3,(H,26,28). The van der Waals surface area contributed by atoms with E-state index in [1.54, 1.807) is 6.20 Å². The second-order valence-electron chi connectivity index (χ2n) is 7.02. The number of halogens is 2. The highest BCUT2D eigenvalue weighted by Crippen LogP contribution is 2.33. The summed E-state index contributed by atoms with van der Waals surface area (Å²) in [4.78, 5) is 21.3. The Morgan fingerprint density at radius 1 is 1.31 bits per heavy atom. The maximum atomic E-state index is 13.9. The highest BCUT2D eigenvalue weighted by molar-refractivity contribution is 6.33. The molecule has 1 atom stereocenters. The Morgan fingerprint density at radius 2 is 2.14 bits per heavy atom. The van der Waals surface area contributed by atoms with Crippen molar-refractivity contribution in [1.29, 1.82) is 0 Å². The molecule has 1 unspecified atom stereocenters. The van der Waals surface area contributed by atoms with Gasteiger partial charge < -0.3 is 10.1 Å². The van der Waals surface area contributed by atoms with Crippen LogP contribution in [0.25, 0.3) is 11.3 Å². The van der Waals surface area contributed by atoms with Crippen molar-refractivity contribution in [3.8, 4) is 17.0 Å². The molecule has 1 N–H and O–H groups in total. The van der Waals surface area contributed by atoms with Crippen molar-refractivity contribution in [2.24, 2.45) is 0 Å². The van der Waals surface area contributed by atoms with Gasteiger partial charge in [-0.05, 0) is 49.7 Å². The van der Waals surface area contributed by atoms with Gasteiger partial charge in [0.05, 0.1) is 34.2 Å². The minimum absolute atomic E-state index is 0.0809. The van der Waals surface area contributed by atoms with E-state index in [0.717, 1.165) is 34.0 Å². The number of rotatable bonds is 4. The van der Waals surface area contributed by atoms with E-state index >= 15 is 0 Å². The molecule has 0 fully saturated rings. The number of fused-ring (bicyclic) bond motifs is 1. The third-order valence-electron chi connectivity index (χ3n) is 4.83. The summed E-state index contributed by atoms with van der Waals surface area (Å²) < 4.78 is 19.8. The molecule has 1 aromatic heterocycles. The summed E-state index contributed by atoms with van der Waals surface area (Å²) in [6.07, 6.45) is 2.14. The SMILES string of the molecule is Cc1cnc(C)c(-c2ccc3c(c2)CC(CNC(=O)c2c(F)cccc2Cl)O3)n1. The van der Waals surface area contributed by atoms with Crippen molar-refractivity contribution in [3.05, 3.63) is 75.9 Å². The minimum atomic E-state index is -0.648. The average molecular weight is 412 g/mol. The molecular formula is C22H19ClFN3O2. The fourth-order valence-electron chi connectivity index (χ4n) is 3.40. The quantitative estimate of drug-likeness (QED) is 0.695. The molecule has 0 saturated heterocycles. The van der Waals surface area contributed by atoms with Crippen LogP contribution in [0.4, 0.5) is 4.39 Å². The second kappa shape index (κ2) is 7.79. The molecule has 0 spiro atoms. The summed E-state index contributed by atoms with van der Waals surface area (Å²) in [7, 11) is 0. The molecule has 3 aromatic rings. The lowest BCUT2D eigenvalue weighted by Gasteiger charge is -2.12. The van der Waals surface area contributed by atoms with Crippen LogP contribution in [0.3, 0.4) is 0 Å². The van der Waals surface area contributed by atoms with Crippen LogP contribution >= 0.6 is 11.6 Å². The summed E-state index contributed by atoms with van der Waals surface area (Å²) in [5.74, 6) is -0.431. The lowest BCUT2D eigenvalue weighted by molar-refractivity contribution is 0.0929. The highest BCUT2D eigenvalue weighted by Gasteiger charge is 2.25. The van der Waals surface area contributed by atoms with Gasteiger partial charge in [-0.15, -0.1) is 0 Å². The number of carbonyl (C=O) groups is 1. The van der Waals surface area contributed by atoms with Crippen molar-refractivity contribution >= 4 is 17.5 Å². The lowest BCUT2D eigenvalue weighted by atomic mass is 10.0. The molecule has 0 radical (unpaired) electrons. The molecule has 4 rings (SSSR count). The van der Waals surface area contributed by atoms with Gasteiger partial charge in [-0.3, -0.25) is 9.78 Å². The molecule has 1 amide bonds. The first-order valence-corrected chi connectivity index (χ1v) is 9.62. The van der Waals surface area contributed by atoms with Gasteiger partial charge in [-0.1, -0.05) is 17.7 Å². The Balaban J connectivity index is 1.46. The van der Waals surface area contributed by atoms with Gasteiger partial charge >= 0.3 is 0 Å². The van der Waals surface area contributed by atoms with Crippen LogP contribution in [0.15, 0.2) is 42.6 Å². The Kier molecular flexibility index (Phi) is 5.20. The van der Waals surface area contributed by atoms with Gasteiger partial charge in [0.1, 0.15) is 17.7 Å². The number of hydrogen-bond acceptors (Lipinski definition) is 4. The minimum Gasteiger partial charge on any atom is -0.488 e. The molecule has 5 nitrogen and oxygen atoms in total. The van der Waals surface area contributed by atoms with E-state index in [1.165, 1.54) is 18.2 Å². The molecule has 0 saturated carbocycles. The first-order valence-electron chi connectivity index (χ1n) is 9.25. The van der Waals surface area contributed by atoms with E-state index in [0.29, 0.717) is 6.42 Å². The van der Waals surface area contributed by atoms with Crippen molar-refractivity contribution in [3.63, 3.8) is 0 Å². The average Bonchev–Trinajstić information content (AvgIpc) is 3.10. The van der Waals surface area contributed by atoms with Crippen molar-refractivity contribution < 1.29 is 13.9 Å². The summed E-state index contributed by atoms with van der Waals surface area (Å²) in [5, 5.41) is 2.79. The number of hydrogen-bond donors (Lipinski definition) is 1. The van der Waals surface area contributed by atoms with Gasteiger partial charge in [-0.25, -0.2) is 9.37 Å². The van der Waals surface area contributed by atoms with Crippen molar-refractivity contribution in [2.45, 2.75) is 26.4 Å². The number of amides is 1. The van der Waals surface area contributed by atoms with Crippen LogP contribution < -0.4 is 10.1 Å². The smallest absolute Gasteiger partial charge is 0.255 e. The third kappa shape index (κ3) is 3.93. The van der Waals surface area contributed by atoms with Crippen LogP contribution in [-0.4, -0.2) is 28.5 Å². The van der Waals surface area contributed by atoms with Gasteiger partial charge in [0, 0.05) is 18.2 Å². The molecular weight excluding hydrogens is 393 g/mol. The van der Waals surface area contributed by atoms with Crippen molar-refractivity contribution in [1.82, 2.24) is 15.3 Å². The summed E-state index contributed by atoms with van der Waals surface area (Å²) in [6.45, 7) is 4.08. The number of carbonyl (C=O) groups excluding carboxylic acids is 1. The third-order valence-corrected chi connectivity index (χ3v) is 5.15. The van der Waals surface area contributed by atoms with E-state index in [-0.39, 0.29) is 23.2 Å². The molecule has 7 heteroatoms. The number of benzene rings is 2. The van der Waals surface area contributed by atoms with E-state index in [2.05, 4.69) is 15.3 Å². The van der Waals surface area contributed by atoms with Gasteiger partial charge in [-0.2, -0.15) is 0 Å². The van der Waals surface area contributed by atoms with Crippen LogP contribution in [0.5, 0.6) is 5.75 Å². The van der Waals surface area contributed by atoms with Gasteiger partial charge in [0.15, 0.2) is 0 Å². The van der Waals surface area contributed by atoms with E-state index in [4.69, 9.17) is 16.3 Å². The zero-order valence-electron chi connectivity index (χ0n) is 16.0. The van der Waals surface area contributed by atoms with E-state index in [9.17, 15) is 9.18 Å². The molecule has 1 aliphatic heterocycles. The number of nitrogens with zero attached hydrogens (tertiary/aromatic N) is 2. The Bertz CT molecular complexity index is 1080. The largest absolute Gasteiger partial charge is 0.488 e. The first-order chi connectivity index (χ1) is 13.9. The normalized spacial score (nSPS) is 15.0. The van der Waals surface area contributed by atoms with Crippen LogP contribution in [0.1, 0.15) is 27.3 Å². The number of ether oxygens (including phenoxy) is 1. The number of aromatic nitrogens is 2. The molecule has 2 heterocycles. The monoisotopic (exact) mass is 411 g/mol. The Hall–Kier alpha value is -2.99.